The number of aromatic nitrogens is 3. The molecular weight excluding hydrogens is 325 g/mol. The van der Waals surface area contributed by atoms with Gasteiger partial charge in [0, 0.05) is 5.39 Å². The Balaban J connectivity index is 1.84. The second-order valence-corrected chi connectivity index (χ2v) is 6.16. The Morgan fingerprint density at radius 3 is 2.38 bits per heavy atom. The fraction of sp³-hybridized carbons (Fsp3) is 0. The lowest BCUT2D eigenvalue weighted by Crippen LogP contribution is -1.96. The Morgan fingerprint density at radius 2 is 1.54 bits per heavy atom. The van der Waals surface area contributed by atoms with Crippen molar-refractivity contribution in [1.82, 2.24) is 14.5 Å². The Bertz CT molecular complexity index is 1240. The molecule has 0 aliphatic heterocycles. The molecule has 4 heteroatoms. The van der Waals surface area contributed by atoms with Crippen LogP contribution in [-0.2, 0) is 0 Å². The molecule has 0 N–H and O–H groups in total. The van der Waals surface area contributed by atoms with Crippen molar-refractivity contribution >= 4 is 21.9 Å². The molecule has 0 radical (unpaired) electrons. The molecule has 2 heterocycles. The summed E-state index contributed by atoms with van der Waals surface area (Å²) in [6.07, 6.45) is 3.39. The number of halogens is 1. The Morgan fingerprint density at radius 1 is 0.731 bits per heavy atom. The molecule has 5 aromatic rings. The quantitative estimate of drug-likeness (QED) is 0.432. The normalized spacial score (nSPS) is 11.3. The van der Waals surface area contributed by atoms with Gasteiger partial charge in [-0.15, -0.1) is 0 Å². The minimum absolute atomic E-state index is 0.282. The molecule has 26 heavy (non-hydrogen) atoms. The number of pyridine rings is 1. The summed E-state index contributed by atoms with van der Waals surface area (Å²) in [5.41, 5.74) is 5.16. The average molecular weight is 339 g/mol. The molecule has 5 rings (SSSR count). The maximum Gasteiger partial charge on any atom is 0.147 e. The van der Waals surface area contributed by atoms with Crippen LogP contribution in [0.5, 0.6) is 0 Å². The molecule has 124 valence electrons. The fourth-order valence-corrected chi connectivity index (χ4v) is 3.33. The first-order valence-corrected chi connectivity index (χ1v) is 8.37. The van der Waals surface area contributed by atoms with Gasteiger partial charge in [0.25, 0.3) is 0 Å². The summed E-state index contributed by atoms with van der Waals surface area (Å²) in [6.45, 7) is 0. The van der Waals surface area contributed by atoms with Crippen LogP contribution < -0.4 is 0 Å². The van der Waals surface area contributed by atoms with E-state index in [1.54, 1.807) is 29.2 Å². The van der Waals surface area contributed by atoms with Crippen molar-refractivity contribution in [2.75, 3.05) is 0 Å². The minimum atomic E-state index is -0.282. The van der Waals surface area contributed by atoms with Crippen molar-refractivity contribution < 1.29 is 4.39 Å². The van der Waals surface area contributed by atoms with Gasteiger partial charge in [-0.1, -0.05) is 48.5 Å². The number of fused-ring (bicyclic) bond motifs is 3. The summed E-state index contributed by atoms with van der Waals surface area (Å²) >= 11 is 0. The van der Waals surface area contributed by atoms with Crippen LogP contribution in [0.25, 0.3) is 38.8 Å². The van der Waals surface area contributed by atoms with Gasteiger partial charge in [-0.25, -0.2) is 9.37 Å². The molecule has 0 atom stereocenters. The Kier molecular flexibility index (Phi) is 3.28. The standard InChI is InChI=1S/C22H14FN3/c23-18-8-4-5-9-21(18)26-14-25-20-13-24-19-11-10-16(12-17(19)22(20)26)15-6-2-1-3-7-15/h1-14H. The maximum atomic E-state index is 14.4. The van der Waals surface area contributed by atoms with E-state index in [4.69, 9.17) is 0 Å². The molecule has 2 aromatic heterocycles. The van der Waals surface area contributed by atoms with Crippen LogP contribution in [0.15, 0.2) is 85.3 Å². The first-order chi connectivity index (χ1) is 12.8. The molecule has 0 amide bonds. The fourth-order valence-electron chi connectivity index (χ4n) is 3.33. The van der Waals surface area contributed by atoms with Gasteiger partial charge in [-0.2, -0.15) is 0 Å². The lowest BCUT2D eigenvalue weighted by Gasteiger charge is -2.09. The minimum Gasteiger partial charge on any atom is -0.295 e. The van der Waals surface area contributed by atoms with Crippen LogP contribution in [0.1, 0.15) is 0 Å². The average Bonchev–Trinajstić information content (AvgIpc) is 3.13. The van der Waals surface area contributed by atoms with Crippen molar-refractivity contribution in [2.45, 2.75) is 0 Å². The van der Waals surface area contributed by atoms with Gasteiger partial charge < -0.3 is 0 Å². The number of hydrogen-bond acceptors (Lipinski definition) is 2. The Hall–Kier alpha value is -3.53. The van der Waals surface area contributed by atoms with Gasteiger partial charge >= 0.3 is 0 Å². The predicted octanol–water partition coefficient (Wildman–Crippen LogP) is 5.38. The van der Waals surface area contributed by atoms with Crippen LogP contribution in [0.4, 0.5) is 4.39 Å². The summed E-state index contributed by atoms with van der Waals surface area (Å²) in [5.74, 6) is -0.282. The van der Waals surface area contributed by atoms with Crippen molar-refractivity contribution in [3.8, 4) is 16.8 Å². The highest BCUT2D eigenvalue weighted by Crippen LogP contribution is 2.30. The van der Waals surface area contributed by atoms with E-state index in [1.807, 2.05) is 30.3 Å². The van der Waals surface area contributed by atoms with Crippen LogP contribution in [0, 0.1) is 5.82 Å². The van der Waals surface area contributed by atoms with Gasteiger partial charge in [0.05, 0.1) is 22.9 Å². The lowest BCUT2D eigenvalue weighted by atomic mass is 10.0. The highest BCUT2D eigenvalue weighted by Gasteiger charge is 2.13. The topological polar surface area (TPSA) is 30.7 Å². The largest absolute Gasteiger partial charge is 0.295 e. The molecule has 0 saturated heterocycles. The third kappa shape index (κ3) is 2.27. The van der Waals surface area contributed by atoms with E-state index in [-0.39, 0.29) is 5.82 Å². The zero-order valence-corrected chi connectivity index (χ0v) is 13.8. The van der Waals surface area contributed by atoms with Crippen molar-refractivity contribution in [3.63, 3.8) is 0 Å². The summed E-state index contributed by atoms with van der Waals surface area (Å²) in [6, 6.07) is 23.0. The monoisotopic (exact) mass is 339 g/mol. The molecule has 3 aromatic carbocycles. The van der Waals surface area contributed by atoms with Crippen LogP contribution in [0.3, 0.4) is 0 Å². The molecule has 0 unspecified atom stereocenters. The van der Waals surface area contributed by atoms with Crippen LogP contribution in [0.2, 0.25) is 0 Å². The van der Waals surface area contributed by atoms with Gasteiger partial charge in [-0.3, -0.25) is 9.55 Å². The lowest BCUT2D eigenvalue weighted by molar-refractivity contribution is 0.619. The van der Waals surface area contributed by atoms with E-state index in [1.165, 1.54) is 6.07 Å². The third-order valence-electron chi connectivity index (χ3n) is 4.59. The molecule has 0 fully saturated rings. The second-order valence-electron chi connectivity index (χ2n) is 6.16. The van der Waals surface area contributed by atoms with Crippen molar-refractivity contribution in [2.24, 2.45) is 0 Å². The van der Waals surface area contributed by atoms with E-state index in [2.05, 4.69) is 34.2 Å². The van der Waals surface area contributed by atoms with E-state index in [0.29, 0.717) is 5.69 Å². The van der Waals surface area contributed by atoms with Crippen molar-refractivity contribution in [1.29, 1.82) is 0 Å². The highest BCUT2D eigenvalue weighted by molar-refractivity contribution is 6.04. The molecular formula is C22H14FN3. The predicted molar refractivity (Wildman–Crippen MR) is 102 cm³/mol. The van der Waals surface area contributed by atoms with E-state index >= 15 is 0 Å². The van der Waals surface area contributed by atoms with E-state index in [0.717, 1.165) is 33.1 Å². The zero-order chi connectivity index (χ0) is 17.5. The molecule has 0 aliphatic rings. The summed E-state index contributed by atoms with van der Waals surface area (Å²) in [4.78, 5) is 8.93. The molecule has 0 aliphatic carbocycles. The van der Waals surface area contributed by atoms with E-state index in [9.17, 15) is 4.39 Å². The number of benzene rings is 3. The number of rotatable bonds is 2. The zero-order valence-electron chi connectivity index (χ0n) is 13.8. The Labute approximate surface area is 149 Å². The first-order valence-electron chi connectivity index (χ1n) is 8.37. The van der Waals surface area contributed by atoms with Gasteiger partial charge in [-0.05, 0) is 35.4 Å². The number of nitrogens with zero attached hydrogens (tertiary/aromatic N) is 3. The van der Waals surface area contributed by atoms with Crippen LogP contribution >= 0.6 is 0 Å². The summed E-state index contributed by atoms with van der Waals surface area (Å²) in [5, 5.41) is 0.949. The maximum absolute atomic E-state index is 14.4. The van der Waals surface area contributed by atoms with Crippen LogP contribution in [-0.4, -0.2) is 14.5 Å². The SMILES string of the molecule is Fc1ccccc1-n1cnc2cnc3ccc(-c4ccccc4)cc3c21. The number of hydrogen-bond donors (Lipinski definition) is 0. The van der Waals surface area contributed by atoms with Gasteiger partial charge in [0.15, 0.2) is 0 Å². The van der Waals surface area contributed by atoms with Gasteiger partial charge in [0.2, 0.25) is 0 Å². The number of imidazole rings is 1. The highest BCUT2D eigenvalue weighted by atomic mass is 19.1. The molecule has 0 spiro atoms. The number of para-hydroxylation sites is 1. The molecule has 0 saturated carbocycles. The summed E-state index contributed by atoms with van der Waals surface area (Å²) < 4.78 is 16.2. The smallest absolute Gasteiger partial charge is 0.147 e. The molecule has 3 nitrogen and oxygen atoms in total. The second kappa shape index (κ2) is 5.77. The van der Waals surface area contributed by atoms with E-state index < -0.39 is 0 Å². The molecule has 0 bridgehead atoms. The summed E-state index contributed by atoms with van der Waals surface area (Å²) in [7, 11) is 0. The van der Waals surface area contributed by atoms with Gasteiger partial charge in [0.1, 0.15) is 17.7 Å². The third-order valence-corrected chi connectivity index (χ3v) is 4.59. The van der Waals surface area contributed by atoms with Crippen molar-refractivity contribution in [3.05, 3.63) is 91.1 Å². The first kappa shape index (κ1) is 14.8.